The number of ether oxygens (including phenoxy) is 4. The zero-order valence-electron chi connectivity index (χ0n) is 19.7. The predicted molar refractivity (Wildman–Crippen MR) is 127 cm³/mol. The molecule has 1 unspecified atom stereocenters. The first-order chi connectivity index (χ1) is 16.7. The van der Waals surface area contributed by atoms with Crippen molar-refractivity contribution in [1.29, 1.82) is 0 Å². The van der Waals surface area contributed by atoms with Crippen LogP contribution in [-0.2, 0) is 18.9 Å². The molecule has 1 atom stereocenters. The second kappa shape index (κ2) is 17.7. The fourth-order valence-electron chi connectivity index (χ4n) is 3.26. The number of nitrogens with one attached hydrogen (secondary N) is 2. The molecule has 0 bridgehead atoms. The Morgan fingerprint density at radius 2 is 1.44 bits per heavy atom. The van der Waals surface area contributed by atoms with Crippen molar-refractivity contribution < 1.29 is 33.3 Å². The first-order valence-electron chi connectivity index (χ1n) is 11.8. The van der Waals surface area contributed by atoms with Crippen molar-refractivity contribution in [2.75, 3.05) is 52.7 Å². The molecule has 1 aromatic rings. The molecule has 0 heterocycles. The molecular weight excluding hydrogens is 440 g/mol. The second-order valence-electron chi connectivity index (χ2n) is 7.77. The molecule has 0 saturated heterocycles. The highest BCUT2D eigenvalue weighted by Gasteiger charge is 2.14. The Morgan fingerprint density at radius 1 is 0.824 bits per heavy atom. The van der Waals surface area contributed by atoms with E-state index in [1.54, 1.807) is 24.3 Å². The van der Waals surface area contributed by atoms with Crippen LogP contribution in [0.1, 0.15) is 52.8 Å². The standard InChI is InChI=1S/C25H36N2O7/c28-20-21-8-10-22(11-9-21)24(29)26-12-14-31-16-18-33-19-17-32-15-13-27-25(30)34-23-6-4-2-1-3-5-7-23/h1-2,8-11,20,23H,3-7,12-19H2,(H,26,29)(H,27,30)/b2-1+. The van der Waals surface area contributed by atoms with E-state index in [1.807, 2.05) is 0 Å². The van der Waals surface area contributed by atoms with E-state index in [2.05, 4.69) is 22.8 Å². The normalized spacial score (nSPS) is 16.6. The summed E-state index contributed by atoms with van der Waals surface area (Å²) in [6.45, 7) is 3.21. The molecular formula is C25H36N2O7. The minimum atomic E-state index is -0.390. The van der Waals surface area contributed by atoms with Gasteiger partial charge >= 0.3 is 6.09 Å². The van der Waals surface area contributed by atoms with Crippen molar-refractivity contribution in [3.63, 3.8) is 0 Å². The molecule has 0 spiro atoms. The van der Waals surface area contributed by atoms with E-state index in [0.29, 0.717) is 63.9 Å². The van der Waals surface area contributed by atoms with E-state index in [4.69, 9.17) is 18.9 Å². The summed E-state index contributed by atoms with van der Waals surface area (Å²) in [7, 11) is 0. The summed E-state index contributed by atoms with van der Waals surface area (Å²) in [6, 6.07) is 6.41. The number of alkyl carbamates (subject to hydrolysis) is 1. The van der Waals surface area contributed by atoms with Gasteiger partial charge in [-0.25, -0.2) is 4.79 Å². The number of rotatable bonds is 15. The maximum absolute atomic E-state index is 12.0. The van der Waals surface area contributed by atoms with Gasteiger partial charge in [-0.05, 0) is 44.2 Å². The molecule has 9 nitrogen and oxygen atoms in total. The minimum Gasteiger partial charge on any atom is -0.446 e. The van der Waals surface area contributed by atoms with Crippen LogP contribution >= 0.6 is 0 Å². The largest absolute Gasteiger partial charge is 0.446 e. The van der Waals surface area contributed by atoms with Crippen LogP contribution < -0.4 is 10.6 Å². The maximum atomic E-state index is 12.0. The van der Waals surface area contributed by atoms with Gasteiger partial charge in [0.2, 0.25) is 0 Å². The van der Waals surface area contributed by atoms with Gasteiger partial charge in [0.05, 0.1) is 39.6 Å². The van der Waals surface area contributed by atoms with E-state index < -0.39 is 6.09 Å². The zero-order valence-corrected chi connectivity index (χ0v) is 19.7. The quantitative estimate of drug-likeness (QED) is 0.227. The van der Waals surface area contributed by atoms with Crippen LogP contribution in [0.5, 0.6) is 0 Å². The molecule has 2 rings (SSSR count). The van der Waals surface area contributed by atoms with E-state index >= 15 is 0 Å². The third kappa shape index (κ3) is 12.5. The van der Waals surface area contributed by atoms with Crippen LogP contribution in [0.15, 0.2) is 36.4 Å². The fraction of sp³-hybridized carbons (Fsp3) is 0.560. The van der Waals surface area contributed by atoms with Crippen molar-refractivity contribution in [2.24, 2.45) is 0 Å². The summed E-state index contributed by atoms with van der Waals surface area (Å²) in [5.74, 6) is -0.213. The molecule has 0 fully saturated rings. The monoisotopic (exact) mass is 476 g/mol. The highest BCUT2D eigenvalue weighted by atomic mass is 16.6. The topological polar surface area (TPSA) is 112 Å². The van der Waals surface area contributed by atoms with Gasteiger partial charge in [-0.2, -0.15) is 0 Å². The summed E-state index contributed by atoms with van der Waals surface area (Å²) < 4.78 is 21.7. The molecule has 0 saturated carbocycles. The summed E-state index contributed by atoms with van der Waals surface area (Å²) in [6.07, 6.45) is 9.47. The number of benzene rings is 1. The molecule has 1 aliphatic carbocycles. The highest BCUT2D eigenvalue weighted by Crippen LogP contribution is 2.15. The molecule has 1 aromatic carbocycles. The number of amides is 2. The van der Waals surface area contributed by atoms with Gasteiger partial charge in [0.25, 0.3) is 5.91 Å². The molecule has 188 valence electrons. The molecule has 2 N–H and O–H groups in total. The highest BCUT2D eigenvalue weighted by molar-refractivity contribution is 5.94. The van der Waals surface area contributed by atoms with Crippen LogP contribution in [0.4, 0.5) is 4.79 Å². The molecule has 34 heavy (non-hydrogen) atoms. The van der Waals surface area contributed by atoms with Crippen molar-refractivity contribution in [2.45, 2.75) is 38.2 Å². The molecule has 0 radical (unpaired) electrons. The van der Waals surface area contributed by atoms with Gasteiger partial charge in [-0.1, -0.05) is 24.3 Å². The summed E-state index contributed by atoms with van der Waals surface area (Å²) >= 11 is 0. The Hall–Kier alpha value is -2.75. The van der Waals surface area contributed by atoms with Crippen molar-refractivity contribution in [3.05, 3.63) is 47.5 Å². The van der Waals surface area contributed by atoms with Gasteiger partial charge in [0, 0.05) is 24.2 Å². The molecule has 0 aliphatic heterocycles. The van der Waals surface area contributed by atoms with E-state index in [0.717, 1.165) is 38.4 Å². The van der Waals surface area contributed by atoms with Gasteiger partial charge in [0.1, 0.15) is 12.4 Å². The minimum absolute atomic E-state index is 0.0145. The summed E-state index contributed by atoms with van der Waals surface area (Å²) in [5, 5.41) is 5.46. The van der Waals surface area contributed by atoms with Crippen molar-refractivity contribution >= 4 is 18.3 Å². The first-order valence-corrected chi connectivity index (χ1v) is 11.8. The SMILES string of the molecule is O=Cc1ccc(C(=O)NCCOCCOCCOCCNC(=O)OC2CC/C=C/CCC2)cc1. The lowest BCUT2D eigenvalue weighted by Gasteiger charge is -2.18. The van der Waals surface area contributed by atoms with Crippen LogP contribution in [0.25, 0.3) is 0 Å². The second-order valence-corrected chi connectivity index (χ2v) is 7.77. The smallest absolute Gasteiger partial charge is 0.407 e. The Morgan fingerprint density at radius 3 is 2.12 bits per heavy atom. The number of hydrogen-bond donors (Lipinski definition) is 2. The van der Waals surface area contributed by atoms with Crippen LogP contribution in [0.2, 0.25) is 0 Å². The van der Waals surface area contributed by atoms with Gasteiger partial charge in [-0.15, -0.1) is 0 Å². The fourth-order valence-corrected chi connectivity index (χ4v) is 3.26. The third-order valence-electron chi connectivity index (χ3n) is 5.09. The molecule has 9 heteroatoms. The lowest BCUT2D eigenvalue weighted by atomic mass is 10.0. The van der Waals surface area contributed by atoms with Gasteiger partial charge in [0.15, 0.2) is 0 Å². The number of carbonyl (C=O) groups excluding carboxylic acids is 3. The number of hydrogen-bond acceptors (Lipinski definition) is 7. The summed E-state index contributed by atoms with van der Waals surface area (Å²) in [4.78, 5) is 34.4. The van der Waals surface area contributed by atoms with Crippen LogP contribution in [0.3, 0.4) is 0 Å². The Labute approximate surface area is 201 Å². The third-order valence-corrected chi connectivity index (χ3v) is 5.09. The lowest BCUT2D eigenvalue weighted by molar-refractivity contribution is 0.0153. The molecule has 0 aromatic heterocycles. The average molecular weight is 477 g/mol. The van der Waals surface area contributed by atoms with Crippen LogP contribution in [0, 0.1) is 0 Å². The lowest BCUT2D eigenvalue weighted by Crippen LogP contribution is -2.31. The Bertz CT molecular complexity index is 752. The van der Waals surface area contributed by atoms with Gasteiger partial charge < -0.3 is 29.6 Å². The molecule has 1 aliphatic rings. The van der Waals surface area contributed by atoms with Crippen molar-refractivity contribution in [1.82, 2.24) is 10.6 Å². The van der Waals surface area contributed by atoms with Crippen molar-refractivity contribution in [3.8, 4) is 0 Å². The Kier molecular flexibility index (Phi) is 14.3. The van der Waals surface area contributed by atoms with E-state index in [1.165, 1.54) is 0 Å². The summed E-state index contributed by atoms with van der Waals surface area (Å²) in [5.41, 5.74) is 1.02. The van der Waals surface area contributed by atoms with E-state index in [9.17, 15) is 14.4 Å². The van der Waals surface area contributed by atoms with Gasteiger partial charge in [-0.3, -0.25) is 9.59 Å². The van der Waals surface area contributed by atoms with Crippen LogP contribution in [-0.4, -0.2) is 77.1 Å². The first kappa shape index (κ1) is 27.5. The number of allylic oxidation sites excluding steroid dienone is 2. The number of carbonyl (C=O) groups is 3. The number of aldehydes is 1. The zero-order chi connectivity index (χ0) is 24.3. The Balaban J connectivity index is 1.34. The predicted octanol–water partition coefficient (Wildman–Crippen LogP) is 2.89. The maximum Gasteiger partial charge on any atom is 0.407 e. The molecule has 2 amide bonds. The van der Waals surface area contributed by atoms with E-state index in [-0.39, 0.29) is 12.0 Å². The average Bonchev–Trinajstić information content (AvgIpc) is 2.83.